The highest BCUT2D eigenvalue weighted by atomic mass is 32.2. The third-order valence-electron chi connectivity index (χ3n) is 3.12. The van der Waals surface area contributed by atoms with E-state index >= 15 is 0 Å². The van der Waals surface area contributed by atoms with Crippen molar-refractivity contribution < 1.29 is 9.53 Å². The van der Waals surface area contributed by atoms with Gasteiger partial charge < -0.3 is 15.0 Å². The van der Waals surface area contributed by atoms with Gasteiger partial charge in [0.05, 0.1) is 6.61 Å². The molecule has 0 aromatic rings. The van der Waals surface area contributed by atoms with Crippen molar-refractivity contribution in [2.24, 2.45) is 0 Å². The van der Waals surface area contributed by atoms with Gasteiger partial charge in [0.25, 0.3) is 0 Å². The monoisotopic (exact) mass is 246 g/mol. The first kappa shape index (κ1) is 13.6. The predicted molar refractivity (Wildman–Crippen MR) is 68.0 cm³/mol. The Hall–Kier alpha value is -0.420. The maximum absolute atomic E-state index is 11.8. The van der Waals surface area contributed by atoms with Gasteiger partial charge in [-0.25, -0.2) is 4.79 Å². The van der Waals surface area contributed by atoms with E-state index < -0.39 is 0 Å². The minimum atomic E-state index is 0.0167. The first-order chi connectivity index (χ1) is 7.70. The molecule has 1 rings (SSSR count). The number of thioether (sulfide) groups is 1. The van der Waals surface area contributed by atoms with Crippen molar-refractivity contribution >= 4 is 17.8 Å². The minimum Gasteiger partial charge on any atom is -0.383 e. The molecular formula is C11H22N2O2S. The Morgan fingerprint density at radius 3 is 2.94 bits per heavy atom. The molecule has 0 heterocycles. The highest BCUT2D eigenvalue weighted by Gasteiger charge is 2.31. The molecule has 0 aliphatic heterocycles. The third kappa shape index (κ3) is 3.56. The number of ether oxygens (including phenoxy) is 1. The summed E-state index contributed by atoms with van der Waals surface area (Å²) in [6, 6.07) is 0.403. The van der Waals surface area contributed by atoms with Crippen LogP contribution in [0.2, 0.25) is 0 Å². The molecule has 0 radical (unpaired) electrons. The van der Waals surface area contributed by atoms with E-state index in [0.29, 0.717) is 24.4 Å². The van der Waals surface area contributed by atoms with Crippen LogP contribution in [0.5, 0.6) is 0 Å². The Morgan fingerprint density at radius 1 is 1.56 bits per heavy atom. The second-order valence-electron chi connectivity index (χ2n) is 4.11. The fourth-order valence-corrected chi connectivity index (χ4v) is 3.19. The van der Waals surface area contributed by atoms with Crippen LogP contribution in [0.4, 0.5) is 4.79 Å². The summed E-state index contributed by atoms with van der Waals surface area (Å²) in [5.74, 6) is 0. The second kappa shape index (κ2) is 7.01. The summed E-state index contributed by atoms with van der Waals surface area (Å²) in [6.45, 7) is 1.15. The van der Waals surface area contributed by atoms with Gasteiger partial charge in [0.1, 0.15) is 0 Å². The Morgan fingerprint density at radius 2 is 2.31 bits per heavy atom. The van der Waals surface area contributed by atoms with Crippen LogP contribution in [0.15, 0.2) is 0 Å². The standard InChI is InChI=1S/C11H22N2O2S/c1-13(11(14)12-7-8-15-2)9-5-4-6-10(9)16-3/h9-10H,4-8H2,1-3H3,(H,12,14). The third-order valence-corrected chi connectivity index (χ3v) is 4.28. The number of hydrogen-bond acceptors (Lipinski definition) is 3. The van der Waals surface area contributed by atoms with Crippen LogP contribution in [-0.2, 0) is 4.74 Å². The van der Waals surface area contributed by atoms with E-state index in [2.05, 4.69) is 11.6 Å². The summed E-state index contributed by atoms with van der Waals surface area (Å²) in [5.41, 5.74) is 0. The van der Waals surface area contributed by atoms with Crippen LogP contribution < -0.4 is 5.32 Å². The number of rotatable bonds is 5. The van der Waals surface area contributed by atoms with Crippen molar-refractivity contribution in [2.75, 3.05) is 33.6 Å². The maximum Gasteiger partial charge on any atom is 0.317 e. The SMILES string of the molecule is COCCNC(=O)N(C)C1CCCC1SC. The van der Waals surface area contributed by atoms with Gasteiger partial charge in [-0.3, -0.25) is 0 Å². The molecule has 94 valence electrons. The van der Waals surface area contributed by atoms with Crippen LogP contribution in [0.25, 0.3) is 0 Å². The highest BCUT2D eigenvalue weighted by molar-refractivity contribution is 7.99. The van der Waals surface area contributed by atoms with Crippen LogP contribution >= 0.6 is 11.8 Å². The number of methoxy groups -OCH3 is 1. The second-order valence-corrected chi connectivity index (χ2v) is 5.18. The Balaban J connectivity index is 2.37. The zero-order chi connectivity index (χ0) is 12.0. The van der Waals surface area contributed by atoms with Crippen LogP contribution in [0.3, 0.4) is 0 Å². The maximum atomic E-state index is 11.8. The van der Waals surface area contributed by atoms with E-state index in [9.17, 15) is 4.79 Å². The molecule has 1 N–H and O–H groups in total. The molecular weight excluding hydrogens is 224 g/mol. The van der Waals surface area contributed by atoms with Crippen LogP contribution in [0.1, 0.15) is 19.3 Å². The smallest absolute Gasteiger partial charge is 0.317 e. The Kier molecular flexibility index (Phi) is 5.98. The van der Waals surface area contributed by atoms with E-state index in [1.165, 1.54) is 12.8 Å². The predicted octanol–water partition coefficient (Wildman–Crippen LogP) is 1.56. The summed E-state index contributed by atoms with van der Waals surface area (Å²) in [7, 11) is 3.53. The molecule has 1 aliphatic carbocycles. The van der Waals surface area contributed by atoms with Gasteiger partial charge >= 0.3 is 6.03 Å². The first-order valence-electron chi connectivity index (χ1n) is 5.73. The number of carbonyl (C=O) groups is 1. The molecule has 0 bridgehead atoms. The number of carbonyl (C=O) groups excluding carboxylic acids is 1. The van der Waals surface area contributed by atoms with Crippen molar-refractivity contribution in [1.82, 2.24) is 10.2 Å². The summed E-state index contributed by atoms with van der Waals surface area (Å²) >= 11 is 1.87. The molecule has 1 aliphatic rings. The lowest BCUT2D eigenvalue weighted by molar-refractivity contribution is 0.176. The number of nitrogens with zero attached hydrogens (tertiary/aromatic N) is 1. The van der Waals surface area contributed by atoms with Gasteiger partial charge in [-0.15, -0.1) is 0 Å². The molecule has 1 fully saturated rings. The molecule has 0 spiro atoms. The van der Waals surface area contributed by atoms with E-state index in [-0.39, 0.29) is 6.03 Å². The Bertz CT molecular complexity index is 226. The topological polar surface area (TPSA) is 41.6 Å². The van der Waals surface area contributed by atoms with Gasteiger partial charge in [0, 0.05) is 32.0 Å². The fourth-order valence-electron chi connectivity index (χ4n) is 2.16. The van der Waals surface area contributed by atoms with E-state index in [4.69, 9.17) is 4.74 Å². The van der Waals surface area contributed by atoms with E-state index in [1.54, 1.807) is 7.11 Å². The summed E-state index contributed by atoms with van der Waals surface area (Å²) in [5, 5.41) is 3.45. The lowest BCUT2D eigenvalue weighted by Gasteiger charge is -2.29. The van der Waals surface area contributed by atoms with E-state index in [0.717, 1.165) is 6.42 Å². The van der Waals surface area contributed by atoms with Crippen molar-refractivity contribution in [3.05, 3.63) is 0 Å². The van der Waals surface area contributed by atoms with Crippen LogP contribution in [-0.4, -0.2) is 55.8 Å². The number of nitrogens with one attached hydrogen (secondary N) is 1. The van der Waals surface area contributed by atoms with Crippen LogP contribution in [0, 0.1) is 0 Å². The quantitative estimate of drug-likeness (QED) is 0.749. The van der Waals surface area contributed by atoms with Gasteiger partial charge in [-0.05, 0) is 19.1 Å². The molecule has 16 heavy (non-hydrogen) atoms. The zero-order valence-electron chi connectivity index (χ0n) is 10.4. The first-order valence-corrected chi connectivity index (χ1v) is 7.02. The molecule has 2 unspecified atom stereocenters. The Labute approximate surface area is 102 Å². The zero-order valence-corrected chi connectivity index (χ0v) is 11.2. The largest absolute Gasteiger partial charge is 0.383 e. The molecule has 2 atom stereocenters. The summed E-state index contributed by atoms with van der Waals surface area (Å²) in [4.78, 5) is 13.7. The van der Waals surface area contributed by atoms with Crippen molar-refractivity contribution in [1.29, 1.82) is 0 Å². The molecule has 0 aromatic carbocycles. The van der Waals surface area contributed by atoms with Gasteiger partial charge in [-0.1, -0.05) is 6.42 Å². The molecule has 0 aromatic heterocycles. The number of urea groups is 1. The minimum absolute atomic E-state index is 0.0167. The number of amides is 2. The average Bonchev–Trinajstić information content (AvgIpc) is 2.76. The van der Waals surface area contributed by atoms with Crippen molar-refractivity contribution in [3.63, 3.8) is 0 Å². The van der Waals surface area contributed by atoms with Crippen molar-refractivity contribution in [3.8, 4) is 0 Å². The normalized spacial score (nSPS) is 24.4. The average molecular weight is 246 g/mol. The molecule has 5 heteroatoms. The van der Waals surface area contributed by atoms with E-state index in [1.807, 2.05) is 23.7 Å². The molecule has 1 saturated carbocycles. The lowest BCUT2D eigenvalue weighted by Crippen LogP contribution is -2.46. The summed E-state index contributed by atoms with van der Waals surface area (Å²) in [6.07, 6.45) is 5.70. The highest BCUT2D eigenvalue weighted by Crippen LogP contribution is 2.31. The van der Waals surface area contributed by atoms with Gasteiger partial charge in [0.2, 0.25) is 0 Å². The van der Waals surface area contributed by atoms with Gasteiger partial charge in [-0.2, -0.15) is 11.8 Å². The molecule has 0 saturated heterocycles. The number of hydrogen-bond donors (Lipinski definition) is 1. The molecule has 4 nitrogen and oxygen atoms in total. The molecule has 2 amide bonds. The lowest BCUT2D eigenvalue weighted by atomic mass is 10.2. The van der Waals surface area contributed by atoms with Gasteiger partial charge in [0.15, 0.2) is 0 Å². The summed E-state index contributed by atoms with van der Waals surface area (Å²) < 4.78 is 4.90. The fraction of sp³-hybridized carbons (Fsp3) is 0.909. The van der Waals surface area contributed by atoms with Crippen molar-refractivity contribution in [2.45, 2.75) is 30.6 Å².